The second-order valence-corrected chi connectivity index (χ2v) is 4.31. The van der Waals surface area contributed by atoms with Gasteiger partial charge < -0.3 is 4.74 Å². The van der Waals surface area contributed by atoms with Crippen LogP contribution < -0.4 is 0 Å². The molecule has 2 nitrogen and oxygen atoms in total. The SMILES string of the molecule is COC(=O)C(C)CCC(C)c1ccccc1. The molecular formula is C14H20O2. The van der Waals surface area contributed by atoms with E-state index in [4.69, 9.17) is 4.74 Å². The Kier molecular flexibility index (Phi) is 5.03. The lowest BCUT2D eigenvalue weighted by atomic mass is 9.92. The molecule has 88 valence electrons. The van der Waals surface area contributed by atoms with Crippen LogP contribution in [0.1, 0.15) is 38.2 Å². The van der Waals surface area contributed by atoms with Crippen molar-refractivity contribution in [2.75, 3.05) is 7.11 Å². The van der Waals surface area contributed by atoms with E-state index in [1.165, 1.54) is 12.7 Å². The first-order chi connectivity index (χ1) is 7.65. The molecule has 0 aliphatic rings. The first-order valence-corrected chi connectivity index (χ1v) is 5.78. The summed E-state index contributed by atoms with van der Waals surface area (Å²) in [6.07, 6.45) is 1.89. The summed E-state index contributed by atoms with van der Waals surface area (Å²) in [5.74, 6) is 0.379. The highest BCUT2D eigenvalue weighted by Gasteiger charge is 2.14. The highest BCUT2D eigenvalue weighted by atomic mass is 16.5. The second-order valence-electron chi connectivity index (χ2n) is 4.31. The number of rotatable bonds is 5. The molecule has 0 fully saturated rings. The summed E-state index contributed by atoms with van der Waals surface area (Å²) in [6.45, 7) is 4.11. The maximum absolute atomic E-state index is 11.2. The van der Waals surface area contributed by atoms with Crippen molar-refractivity contribution < 1.29 is 9.53 Å². The zero-order chi connectivity index (χ0) is 12.0. The Morgan fingerprint density at radius 1 is 1.19 bits per heavy atom. The molecule has 0 aromatic heterocycles. The van der Waals surface area contributed by atoms with E-state index >= 15 is 0 Å². The van der Waals surface area contributed by atoms with Gasteiger partial charge in [0.1, 0.15) is 0 Å². The molecule has 0 saturated heterocycles. The predicted molar refractivity (Wildman–Crippen MR) is 65.3 cm³/mol. The van der Waals surface area contributed by atoms with Crippen molar-refractivity contribution in [1.82, 2.24) is 0 Å². The van der Waals surface area contributed by atoms with Crippen LogP contribution in [0.25, 0.3) is 0 Å². The molecule has 1 rings (SSSR count). The molecule has 0 N–H and O–H groups in total. The summed E-state index contributed by atoms with van der Waals surface area (Å²) in [5.41, 5.74) is 1.33. The summed E-state index contributed by atoms with van der Waals surface area (Å²) in [6, 6.07) is 10.4. The van der Waals surface area contributed by atoms with E-state index in [9.17, 15) is 4.79 Å². The topological polar surface area (TPSA) is 26.3 Å². The van der Waals surface area contributed by atoms with E-state index in [2.05, 4.69) is 31.2 Å². The average molecular weight is 220 g/mol. The molecule has 0 amide bonds. The molecule has 1 aromatic carbocycles. The number of esters is 1. The largest absolute Gasteiger partial charge is 0.469 e. The average Bonchev–Trinajstić information content (AvgIpc) is 2.35. The van der Waals surface area contributed by atoms with Crippen molar-refractivity contribution in [3.05, 3.63) is 35.9 Å². The van der Waals surface area contributed by atoms with E-state index in [1.807, 2.05) is 13.0 Å². The molecule has 2 unspecified atom stereocenters. The molecule has 0 heterocycles. The number of methoxy groups -OCH3 is 1. The Hall–Kier alpha value is -1.31. The van der Waals surface area contributed by atoms with E-state index < -0.39 is 0 Å². The fourth-order valence-corrected chi connectivity index (χ4v) is 1.77. The number of ether oxygens (including phenoxy) is 1. The van der Waals surface area contributed by atoms with Crippen molar-refractivity contribution >= 4 is 5.97 Å². The molecule has 0 radical (unpaired) electrons. The van der Waals surface area contributed by atoms with Crippen LogP contribution in [0.15, 0.2) is 30.3 Å². The van der Waals surface area contributed by atoms with Gasteiger partial charge in [0.15, 0.2) is 0 Å². The summed E-state index contributed by atoms with van der Waals surface area (Å²) in [5, 5.41) is 0. The zero-order valence-electron chi connectivity index (χ0n) is 10.3. The minimum Gasteiger partial charge on any atom is -0.469 e. The van der Waals surface area contributed by atoms with Crippen LogP contribution in [0.3, 0.4) is 0 Å². The van der Waals surface area contributed by atoms with Crippen molar-refractivity contribution in [3.8, 4) is 0 Å². The molecule has 2 heteroatoms. The monoisotopic (exact) mass is 220 g/mol. The van der Waals surface area contributed by atoms with Gasteiger partial charge >= 0.3 is 5.97 Å². The molecule has 0 aliphatic heterocycles. The molecule has 0 spiro atoms. The Bertz CT molecular complexity index is 319. The van der Waals surface area contributed by atoms with Crippen molar-refractivity contribution in [2.45, 2.75) is 32.6 Å². The first-order valence-electron chi connectivity index (χ1n) is 5.78. The summed E-state index contributed by atoms with van der Waals surface area (Å²) in [4.78, 5) is 11.2. The maximum Gasteiger partial charge on any atom is 0.308 e. The predicted octanol–water partition coefficient (Wildman–Crippen LogP) is 3.38. The normalized spacial score (nSPS) is 14.2. The second kappa shape index (κ2) is 6.31. The van der Waals surface area contributed by atoms with Crippen LogP contribution >= 0.6 is 0 Å². The van der Waals surface area contributed by atoms with Crippen molar-refractivity contribution in [1.29, 1.82) is 0 Å². The maximum atomic E-state index is 11.2. The lowest BCUT2D eigenvalue weighted by Crippen LogP contribution is -2.13. The van der Waals surface area contributed by atoms with Gasteiger partial charge in [-0.15, -0.1) is 0 Å². The minimum absolute atomic E-state index is 0.00355. The minimum atomic E-state index is -0.111. The van der Waals surface area contributed by atoms with Crippen LogP contribution in [0.4, 0.5) is 0 Å². The van der Waals surface area contributed by atoms with E-state index in [-0.39, 0.29) is 11.9 Å². The smallest absolute Gasteiger partial charge is 0.308 e. The molecule has 1 aromatic rings. The molecule has 0 bridgehead atoms. The van der Waals surface area contributed by atoms with Crippen LogP contribution in [0.2, 0.25) is 0 Å². The first kappa shape index (κ1) is 12.8. The Balaban J connectivity index is 2.41. The van der Waals surface area contributed by atoms with E-state index in [0.717, 1.165) is 12.8 Å². The number of hydrogen-bond donors (Lipinski definition) is 0. The van der Waals surface area contributed by atoms with Crippen LogP contribution in [-0.2, 0) is 9.53 Å². The fraction of sp³-hybridized carbons (Fsp3) is 0.500. The number of benzene rings is 1. The summed E-state index contributed by atoms with van der Waals surface area (Å²) >= 11 is 0. The molecule has 0 aliphatic carbocycles. The fourth-order valence-electron chi connectivity index (χ4n) is 1.77. The highest BCUT2D eigenvalue weighted by Crippen LogP contribution is 2.22. The van der Waals surface area contributed by atoms with Gasteiger partial charge in [0.05, 0.1) is 13.0 Å². The van der Waals surface area contributed by atoms with Gasteiger partial charge in [-0.25, -0.2) is 0 Å². The van der Waals surface area contributed by atoms with Gasteiger partial charge in [-0.05, 0) is 24.3 Å². The number of carbonyl (C=O) groups excluding carboxylic acids is 1. The lowest BCUT2D eigenvalue weighted by molar-refractivity contribution is -0.145. The van der Waals surface area contributed by atoms with Gasteiger partial charge in [-0.3, -0.25) is 4.79 Å². The molecule has 16 heavy (non-hydrogen) atoms. The number of hydrogen-bond acceptors (Lipinski definition) is 2. The third kappa shape index (κ3) is 3.69. The lowest BCUT2D eigenvalue weighted by Gasteiger charge is -2.14. The number of carbonyl (C=O) groups is 1. The van der Waals surface area contributed by atoms with Gasteiger partial charge in [-0.1, -0.05) is 44.2 Å². The van der Waals surface area contributed by atoms with E-state index in [1.54, 1.807) is 0 Å². The zero-order valence-corrected chi connectivity index (χ0v) is 10.3. The van der Waals surface area contributed by atoms with Crippen molar-refractivity contribution in [2.24, 2.45) is 5.92 Å². The quantitative estimate of drug-likeness (QED) is 0.711. The van der Waals surface area contributed by atoms with Gasteiger partial charge in [0.25, 0.3) is 0 Å². The summed E-state index contributed by atoms with van der Waals surface area (Å²) < 4.78 is 4.71. The Morgan fingerprint density at radius 3 is 2.38 bits per heavy atom. The highest BCUT2D eigenvalue weighted by molar-refractivity contribution is 5.71. The standard InChI is InChI=1S/C14H20O2/c1-11(13-7-5-4-6-8-13)9-10-12(2)14(15)16-3/h4-8,11-12H,9-10H2,1-3H3. The Morgan fingerprint density at radius 2 is 1.81 bits per heavy atom. The van der Waals surface area contributed by atoms with E-state index in [0.29, 0.717) is 5.92 Å². The Labute approximate surface area is 97.6 Å². The van der Waals surface area contributed by atoms with Crippen molar-refractivity contribution in [3.63, 3.8) is 0 Å². The molecule has 2 atom stereocenters. The van der Waals surface area contributed by atoms with Gasteiger partial charge in [0.2, 0.25) is 0 Å². The van der Waals surface area contributed by atoms with Crippen LogP contribution in [0.5, 0.6) is 0 Å². The van der Waals surface area contributed by atoms with Gasteiger partial charge in [-0.2, -0.15) is 0 Å². The molecular weight excluding hydrogens is 200 g/mol. The molecule has 0 saturated carbocycles. The third-order valence-corrected chi connectivity index (χ3v) is 3.00. The third-order valence-electron chi connectivity index (χ3n) is 3.00. The van der Waals surface area contributed by atoms with Gasteiger partial charge in [0, 0.05) is 0 Å². The van der Waals surface area contributed by atoms with Crippen LogP contribution in [0, 0.1) is 5.92 Å². The summed E-state index contributed by atoms with van der Waals surface area (Å²) in [7, 11) is 1.44. The van der Waals surface area contributed by atoms with Crippen LogP contribution in [-0.4, -0.2) is 13.1 Å².